The van der Waals surface area contributed by atoms with Gasteiger partial charge in [0.1, 0.15) is 9.84 Å². The summed E-state index contributed by atoms with van der Waals surface area (Å²) in [5, 5.41) is 9.73. The molecule has 0 bridgehead atoms. The van der Waals surface area contributed by atoms with Crippen LogP contribution < -0.4 is 0 Å². The Morgan fingerprint density at radius 3 is 2.07 bits per heavy atom. The van der Waals surface area contributed by atoms with E-state index in [1.807, 2.05) is 20.8 Å². The van der Waals surface area contributed by atoms with Crippen molar-refractivity contribution in [1.29, 1.82) is 0 Å². The van der Waals surface area contributed by atoms with Crippen LogP contribution in [0.2, 0.25) is 0 Å². The van der Waals surface area contributed by atoms with E-state index in [4.69, 9.17) is 0 Å². The summed E-state index contributed by atoms with van der Waals surface area (Å²) in [6, 6.07) is 0. The lowest BCUT2D eigenvalue weighted by Crippen LogP contribution is -2.25. The first-order valence-corrected chi connectivity index (χ1v) is 7.55. The first-order valence-electron chi connectivity index (χ1n) is 5.49. The molecular weight excluding hydrogens is 212 g/mol. The largest absolute Gasteiger partial charge is 0.393 e. The van der Waals surface area contributed by atoms with Gasteiger partial charge in [0.05, 0.1) is 6.10 Å². The highest BCUT2D eigenvalue weighted by atomic mass is 32.2. The zero-order valence-electron chi connectivity index (χ0n) is 10.3. The summed E-state index contributed by atoms with van der Waals surface area (Å²) in [6.45, 7) is 6.02. The minimum atomic E-state index is -2.82. The summed E-state index contributed by atoms with van der Waals surface area (Å²) in [4.78, 5) is 0. The molecule has 0 amide bonds. The lowest BCUT2D eigenvalue weighted by Gasteiger charge is -2.25. The van der Waals surface area contributed by atoms with E-state index >= 15 is 0 Å². The van der Waals surface area contributed by atoms with Gasteiger partial charge in [-0.1, -0.05) is 33.6 Å². The quantitative estimate of drug-likeness (QED) is 0.718. The second-order valence-corrected chi connectivity index (χ2v) is 7.62. The maximum Gasteiger partial charge on any atom is 0.147 e. The van der Waals surface area contributed by atoms with Crippen LogP contribution in [0.15, 0.2) is 0 Å². The Morgan fingerprint density at radius 1 is 1.13 bits per heavy atom. The van der Waals surface area contributed by atoms with Crippen molar-refractivity contribution in [2.24, 2.45) is 5.41 Å². The second kappa shape index (κ2) is 5.85. The van der Waals surface area contributed by atoms with Crippen LogP contribution in [0.4, 0.5) is 0 Å². The molecule has 0 heterocycles. The van der Waals surface area contributed by atoms with Crippen LogP contribution in [-0.4, -0.2) is 31.6 Å². The van der Waals surface area contributed by atoms with E-state index in [0.29, 0.717) is 6.42 Å². The Kier molecular flexibility index (Phi) is 5.81. The molecule has 3 nitrogen and oxygen atoms in total. The molecule has 0 saturated carbocycles. The Morgan fingerprint density at radius 2 is 1.67 bits per heavy atom. The molecule has 0 aromatic rings. The SMILES string of the molecule is CC(C)(C)C(O)CCCCCS(C)(=O)=O. The molecule has 0 aliphatic carbocycles. The van der Waals surface area contributed by atoms with Gasteiger partial charge in [-0.05, 0) is 18.3 Å². The maximum atomic E-state index is 10.8. The summed E-state index contributed by atoms with van der Waals surface area (Å²) >= 11 is 0. The molecule has 0 rings (SSSR count). The summed E-state index contributed by atoms with van der Waals surface area (Å²) in [5.41, 5.74) is -0.0726. The van der Waals surface area contributed by atoms with Crippen LogP contribution in [-0.2, 0) is 9.84 Å². The van der Waals surface area contributed by atoms with E-state index in [1.165, 1.54) is 6.26 Å². The Labute approximate surface area is 93.8 Å². The molecule has 0 spiro atoms. The molecular formula is C11H24O3S. The summed E-state index contributed by atoms with van der Waals surface area (Å²) in [5.74, 6) is 0.263. The van der Waals surface area contributed by atoms with E-state index < -0.39 is 9.84 Å². The van der Waals surface area contributed by atoms with Crippen molar-refractivity contribution in [3.05, 3.63) is 0 Å². The lowest BCUT2D eigenvalue weighted by molar-refractivity contribution is 0.0535. The molecule has 0 aliphatic heterocycles. The first kappa shape index (κ1) is 14.9. The topological polar surface area (TPSA) is 54.4 Å². The molecule has 15 heavy (non-hydrogen) atoms. The second-order valence-electron chi connectivity index (χ2n) is 5.36. The fourth-order valence-electron chi connectivity index (χ4n) is 1.31. The number of unbranched alkanes of at least 4 members (excludes halogenated alkanes) is 2. The first-order chi connectivity index (χ1) is 6.63. The van der Waals surface area contributed by atoms with Gasteiger partial charge in [-0.3, -0.25) is 0 Å². The van der Waals surface area contributed by atoms with Crippen molar-refractivity contribution in [3.63, 3.8) is 0 Å². The smallest absolute Gasteiger partial charge is 0.147 e. The predicted octanol–water partition coefficient (Wildman–Crippen LogP) is 2.00. The Hall–Kier alpha value is -0.0900. The van der Waals surface area contributed by atoms with Gasteiger partial charge in [0.2, 0.25) is 0 Å². The molecule has 1 unspecified atom stereocenters. The molecule has 0 aromatic carbocycles. The normalized spacial score (nSPS) is 15.3. The zero-order chi connectivity index (χ0) is 12.1. The van der Waals surface area contributed by atoms with Crippen molar-refractivity contribution in [1.82, 2.24) is 0 Å². The van der Waals surface area contributed by atoms with Crippen LogP contribution in [0.5, 0.6) is 0 Å². The van der Waals surface area contributed by atoms with Crippen molar-refractivity contribution in [2.45, 2.75) is 52.6 Å². The van der Waals surface area contributed by atoms with Crippen molar-refractivity contribution in [2.75, 3.05) is 12.0 Å². The van der Waals surface area contributed by atoms with Gasteiger partial charge in [-0.2, -0.15) is 0 Å². The number of rotatable bonds is 6. The van der Waals surface area contributed by atoms with Crippen molar-refractivity contribution < 1.29 is 13.5 Å². The van der Waals surface area contributed by atoms with Crippen LogP contribution in [0.1, 0.15) is 46.5 Å². The van der Waals surface area contributed by atoms with Gasteiger partial charge < -0.3 is 5.11 Å². The molecule has 0 aliphatic rings. The van der Waals surface area contributed by atoms with E-state index in [9.17, 15) is 13.5 Å². The highest BCUT2D eigenvalue weighted by Crippen LogP contribution is 2.23. The summed E-state index contributed by atoms with van der Waals surface area (Å²) in [7, 11) is -2.82. The highest BCUT2D eigenvalue weighted by Gasteiger charge is 2.21. The van der Waals surface area contributed by atoms with Gasteiger partial charge in [0, 0.05) is 12.0 Å². The highest BCUT2D eigenvalue weighted by molar-refractivity contribution is 7.90. The Balaban J connectivity index is 3.56. The predicted molar refractivity (Wildman–Crippen MR) is 63.6 cm³/mol. The number of sulfone groups is 1. The molecule has 0 saturated heterocycles. The van der Waals surface area contributed by atoms with Gasteiger partial charge in [0.25, 0.3) is 0 Å². The van der Waals surface area contributed by atoms with Crippen LogP contribution in [0.25, 0.3) is 0 Å². The third-order valence-electron chi connectivity index (χ3n) is 2.49. The van der Waals surface area contributed by atoms with Crippen molar-refractivity contribution in [3.8, 4) is 0 Å². The fourth-order valence-corrected chi connectivity index (χ4v) is 2.04. The zero-order valence-corrected chi connectivity index (χ0v) is 11.1. The average Bonchev–Trinajstić information content (AvgIpc) is 1.99. The average molecular weight is 236 g/mol. The maximum absolute atomic E-state index is 10.8. The summed E-state index contributed by atoms with van der Waals surface area (Å²) < 4.78 is 21.7. The molecule has 0 fully saturated rings. The third-order valence-corrected chi connectivity index (χ3v) is 3.52. The van der Waals surface area contributed by atoms with Crippen LogP contribution >= 0.6 is 0 Å². The van der Waals surface area contributed by atoms with E-state index in [1.54, 1.807) is 0 Å². The lowest BCUT2D eigenvalue weighted by atomic mass is 9.86. The van der Waals surface area contributed by atoms with Gasteiger partial charge in [0.15, 0.2) is 0 Å². The number of hydrogen-bond acceptors (Lipinski definition) is 3. The minimum Gasteiger partial charge on any atom is -0.393 e. The van der Waals surface area contributed by atoms with Gasteiger partial charge in [-0.25, -0.2) is 8.42 Å². The number of aliphatic hydroxyl groups is 1. The minimum absolute atomic E-state index is 0.0726. The third kappa shape index (κ3) is 8.88. The van der Waals surface area contributed by atoms with Gasteiger partial charge >= 0.3 is 0 Å². The Bertz CT molecular complexity index is 262. The molecule has 4 heteroatoms. The molecule has 1 atom stereocenters. The van der Waals surface area contributed by atoms with Gasteiger partial charge in [-0.15, -0.1) is 0 Å². The van der Waals surface area contributed by atoms with Crippen LogP contribution in [0, 0.1) is 5.41 Å². The molecule has 1 N–H and O–H groups in total. The molecule has 0 radical (unpaired) electrons. The molecule has 92 valence electrons. The summed E-state index contributed by atoms with van der Waals surface area (Å²) in [6.07, 6.45) is 4.20. The number of hydrogen-bond donors (Lipinski definition) is 1. The standard InChI is InChI=1S/C11H24O3S/c1-11(2,3)10(12)8-6-5-7-9-15(4,13)14/h10,12H,5-9H2,1-4H3. The van der Waals surface area contributed by atoms with E-state index in [0.717, 1.165) is 19.3 Å². The van der Waals surface area contributed by atoms with Crippen molar-refractivity contribution >= 4 is 9.84 Å². The van der Waals surface area contributed by atoms with E-state index in [2.05, 4.69) is 0 Å². The number of aliphatic hydroxyl groups excluding tert-OH is 1. The monoisotopic (exact) mass is 236 g/mol. The molecule has 0 aromatic heterocycles. The fraction of sp³-hybridized carbons (Fsp3) is 1.00. The van der Waals surface area contributed by atoms with E-state index in [-0.39, 0.29) is 17.3 Å². The van der Waals surface area contributed by atoms with Crippen LogP contribution in [0.3, 0.4) is 0 Å².